The summed E-state index contributed by atoms with van der Waals surface area (Å²) < 4.78 is 0. The first-order chi connectivity index (χ1) is 3.72. The summed E-state index contributed by atoms with van der Waals surface area (Å²) in [6, 6.07) is 3.01. The predicted octanol–water partition coefficient (Wildman–Crippen LogP) is 2.09. The van der Waals surface area contributed by atoms with Gasteiger partial charge in [0.2, 0.25) is 0 Å². The topological polar surface area (TPSA) is 0 Å². The molecule has 8 heavy (non-hydrogen) atoms. The van der Waals surface area contributed by atoms with Crippen LogP contribution in [0.3, 0.4) is 0 Å². The Bertz CT molecular complexity index is 48.5. The lowest BCUT2D eigenvalue weighted by atomic mass is 11.0. The molecule has 0 N–H and O–H groups in total. The van der Waals surface area contributed by atoms with E-state index in [0.29, 0.717) is 0 Å². The zero-order valence-electron chi connectivity index (χ0n) is 6.49. The lowest BCUT2D eigenvalue weighted by Crippen LogP contribution is -2.27. The lowest BCUT2D eigenvalue weighted by Gasteiger charge is -2.11. The van der Waals surface area contributed by atoms with Crippen LogP contribution in [0.4, 0.5) is 0 Å². The first-order valence-corrected chi connectivity index (χ1v) is 9.60. The van der Waals surface area contributed by atoms with E-state index in [1.807, 2.05) is 0 Å². The molecule has 49 valence electrons. The van der Waals surface area contributed by atoms with E-state index in [1.54, 1.807) is 0 Å². The Hall–Kier alpha value is 0.434. The van der Waals surface area contributed by atoms with Crippen molar-refractivity contribution in [3.8, 4) is 0 Å². The normalized spacial score (nSPS) is 11.2. The Labute approximate surface area is 56.3 Å². The molecular formula is C6H17Si2. The third-order valence-corrected chi connectivity index (χ3v) is 12.5. The van der Waals surface area contributed by atoms with Crippen molar-refractivity contribution in [3.63, 3.8) is 0 Å². The molecule has 0 unspecified atom stereocenters. The molecule has 0 aliphatic heterocycles. The van der Waals surface area contributed by atoms with E-state index in [2.05, 4.69) is 26.9 Å². The van der Waals surface area contributed by atoms with E-state index in [0.717, 1.165) is 0 Å². The maximum Gasteiger partial charge on any atom is 0.0356 e. The van der Waals surface area contributed by atoms with Gasteiger partial charge in [0, 0.05) is 16.6 Å². The minimum atomic E-state index is -0.184. The van der Waals surface area contributed by atoms with Crippen LogP contribution in [0, 0.1) is 0 Å². The van der Waals surface area contributed by atoms with Crippen molar-refractivity contribution in [1.82, 2.24) is 0 Å². The molecule has 0 saturated heterocycles. The minimum absolute atomic E-state index is 0.184. The second-order valence-corrected chi connectivity index (χ2v) is 13.5. The van der Waals surface area contributed by atoms with Gasteiger partial charge in [0.1, 0.15) is 0 Å². The summed E-state index contributed by atoms with van der Waals surface area (Å²) in [4.78, 5) is 0. The number of hydrogen-bond acceptors (Lipinski definition) is 0. The maximum absolute atomic E-state index is 2.49. The van der Waals surface area contributed by atoms with Gasteiger partial charge in [-0.25, -0.2) is 0 Å². The third-order valence-electron chi connectivity index (χ3n) is 1.72. The Morgan fingerprint density at radius 2 is 1.50 bits per heavy atom. The van der Waals surface area contributed by atoms with Crippen LogP contribution in [0.5, 0.6) is 0 Å². The predicted molar refractivity (Wildman–Crippen MR) is 45.6 cm³/mol. The first kappa shape index (κ1) is 8.43. The van der Waals surface area contributed by atoms with Gasteiger partial charge in [0.05, 0.1) is 0 Å². The van der Waals surface area contributed by atoms with Gasteiger partial charge in [-0.1, -0.05) is 39.0 Å². The molecule has 0 rings (SSSR count). The number of rotatable bonds is 3. The van der Waals surface area contributed by atoms with Gasteiger partial charge in [-0.15, -0.1) is 0 Å². The zero-order valence-corrected chi connectivity index (χ0v) is 8.65. The zero-order chi connectivity index (χ0) is 6.57. The Balaban J connectivity index is 3.35. The monoisotopic (exact) mass is 145 g/mol. The molecule has 0 heterocycles. The Morgan fingerprint density at radius 1 is 1.12 bits per heavy atom. The second-order valence-electron chi connectivity index (χ2n) is 2.52. The summed E-state index contributed by atoms with van der Waals surface area (Å²) >= 11 is 0. The van der Waals surface area contributed by atoms with Crippen LogP contribution in [0.25, 0.3) is 0 Å². The van der Waals surface area contributed by atoms with Crippen molar-refractivity contribution in [2.75, 3.05) is 0 Å². The highest BCUT2D eigenvalue weighted by Gasteiger charge is 2.09. The first-order valence-electron chi connectivity index (χ1n) is 3.56. The summed E-state index contributed by atoms with van der Waals surface area (Å²) in [5, 5.41) is 0. The number of hydrogen-bond donors (Lipinski definition) is 0. The SMILES string of the molecule is CC[Si](CC)[SiH](C)C. The Kier molecular flexibility index (Phi) is 4.56. The molecule has 0 aliphatic rings. The lowest BCUT2D eigenvalue weighted by molar-refractivity contribution is 1.34. The van der Waals surface area contributed by atoms with Gasteiger partial charge in [-0.3, -0.25) is 0 Å². The molecule has 0 nitrogen and oxygen atoms in total. The molecule has 0 atom stereocenters. The molecule has 0 fully saturated rings. The van der Waals surface area contributed by atoms with Crippen molar-refractivity contribution >= 4 is 16.6 Å². The summed E-state index contributed by atoms with van der Waals surface area (Å²) in [5.41, 5.74) is 0. The van der Waals surface area contributed by atoms with E-state index in [1.165, 1.54) is 12.1 Å². The third kappa shape index (κ3) is 2.67. The van der Waals surface area contributed by atoms with Crippen LogP contribution >= 0.6 is 0 Å². The summed E-state index contributed by atoms with van der Waals surface area (Å²) in [6.07, 6.45) is 0. The fourth-order valence-corrected chi connectivity index (χ4v) is 8.10. The fraction of sp³-hybridized carbons (Fsp3) is 1.00. The van der Waals surface area contributed by atoms with Gasteiger partial charge >= 0.3 is 0 Å². The molecule has 0 aliphatic carbocycles. The standard InChI is InChI=1S/C6H17Si2/c1-5-8(6-2)7(3)4/h7H,5-6H2,1-4H3. The average molecular weight is 145 g/mol. The smallest absolute Gasteiger partial charge is 0.0356 e. The van der Waals surface area contributed by atoms with Crippen molar-refractivity contribution in [3.05, 3.63) is 0 Å². The quantitative estimate of drug-likeness (QED) is 0.534. The average Bonchev–Trinajstić information content (AvgIpc) is 1.69. The molecule has 1 radical (unpaired) electrons. The molecule has 2 heteroatoms. The van der Waals surface area contributed by atoms with E-state index >= 15 is 0 Å². The molecule has 0 aromatic carbocycles. The molecular weight excluding hydrogens is 128 g/mol. The van der Waals surface area contributed by atoms with Gasteiger partial charge in [0.15, 0.2) is 0 Å². The Morgan fingerprint density at radius 3 is 1.50 bits per heavy atom. The van der Waals surface area contributed by atoms with Crippen molar-refractivity contribution in [2.24, 2.45) is 0 Å². The van der Waals surface area contributed by atoms with Gasteiger partial charge < -0.3 is 0 Å². The van der Waals surface area contributed by atoms with Gasteiger partial charge in [-0.05, 0) is 0 Å². The van der Waals surface area contributed by atoms with Crippen molar-refractivity contribution < 1.29 is 0 Å². The molecule has 0 saturated carbocycles. The van der Waals surface area contributed by atoms with Crippen molar-refractivity contribution in [2.45, 2.75) is 39.0 Å². The second kappa shape index (κ2) is 4.33. The van der Waals surface area contributed by atoms with Crippen LogP contribution in [0.15, 0.2) is 0 Å². The highest BCUT2D eigenvalue weighted by Crippen LogP contribution is 2.01. The van der Waals surface area contributed by atoms with Crippen LogP contribution in [-0.2, 0) is 0 Å². The molecule has 0 aromatic heterocycles. The van der Waals surface area contributed by atoms with Gasteiger partial charge in [0.25, 0.3) is 0 Å². The summed E-state index contributed by atoms with van der Waals surface area (Å²) in [7, 11) is 0.0149. The highest BCUT2D eigenvalue weighted by atomic mass is 29.2. The highest BCUT2D eigenvalue weighted by molar-refractivity contribution is 7.21. The largest absolute Gasteiger partial charge is 0.0742 e. The van der Waals surface area contributed by atoms with Gasteiger partial charge in [-0.2, -0.15) is 0 Å². The van der Waals surface area contributed by atoms with E-state index in [4.69, 9.17) is 0 Å². The van der Waals surface area contributed by atoms with E-state index in [9.17, 15) is 0 Å². The van der Waals surface area contributed by atoms with Crippen LogP contribution in [-0.4, -0.2) is 16.6 Å². The molecule has 0 bridgehead atoms. The minimum Gasteiger partial charge on any atom is -0.0742 e. The molecule has 0 aromatic rings. The summed E-state index contributed by atoms with van der Waals surface area (Å²) in [6.45, 7) is 9.68. The van der Waals surface area contributed by atoms with E-state index in [-0.39, 0.29) is 16.6 Å². The summed E-state index contributed by atoms with van der Waals surface area (Å²) in [5.74, 6) is 0. The van der Waals surface area contributed by atoms with Crippen LogP contribution < -0.4 is 0 Å². The van der Waals surface area contributed by atoms with Crippen molar-refractivity contribution in [1.29, 1.82) is 0 Å². The molecule has 0 amide bonds. The maximum atomic E-state index is 2.49. The van der Waals surface area contributed by atoms with E-state index < -0.39 is 0 Å². The van der Waals surface area contributed by atoms with Crippen LogP contribution in [0.1, 0.15) is 13.8 Å². The molecule has 0 spiro atoms. The van der Waals surface area contributed by atoms with Crippen LogP contribution in [0.2, 0.25) is 25.2 Å². The fourth-order valence-electron chi connectivity index (χ4n) is 1.07.